The van der Waals surface area contributed by atoms with Crippen LogP contribution in [0.25, 0.3) is 20.4 Å². The Bertz CT molecular complexity index is 1380. The zero-order valence-electron chi connectivity index (χ0n) is 16.3. The second-order valence-electron chi connectivity index (χ2n) is 7.28. The van der Waals surface area contributed by atoms with Crippen LogP contribution in [0, 0.1) is 0 Å². The zero-order valence-corrected chi connectivity index (χ0v) is 18.7. The van der Waals surface area contributed by atoms with E-state index in [1.807, 2.05) is 11.4 Å². The van der Waals surface area contributed by atoms with Gasteiger partial charge >= 0.3 is 0 Å². The molecule has 1 N–H and O–H groups in total. The third-order valence-corrected chi connectivity index (χ3v) is 8.38. The molecule has 0 saturated heterocycles. The molecule has 0 aliphatic heterocycles. The van der Waals surface area contributed by atoms with Gasteiger partial charge in [-0.1, -0.05) is 24.3 Å². The van der Waals surface area contributed by atoms with Gasteiger partial charge in [-0.15, -0.1) is 29.3 Å². The van der Waals surface area contributed by atoms with E-state index in [0.29, 0.717) is 33.5 Å². The van der Waals surface area contributed by atoms with Gasteiger partial charge in [-0.2, -0.15) is 0 Å². The van der Waals surface area contributed by atoms with Crippen molar-refractivity contribution >= 4 is 54.9 Å². The van der Waals surface area contributed by atoms with E-state index >= 15 is 0 Å². The molecule has 0 atom stereocenters. The first-order chi connectivity index (χ1) is 14.7. The van der Waals surface area contributed by atoms with Crippen LogP contribution in [0.15, 0.2) is 38.8 Å². The number of nitrogens with zero attached hydrogens (tertiary/aromatic N) is 3. The summed E-state index contributed by atoms with van der Waals surface area (Å²) >= 11 is 4.46. The van der Waals surface area contributed by atoms with Crippen LogP contribution in [-0.4, -0.2) is 19.5 Å². The van der Waals surface area contributed by atoms with E-state index in [2.05, 4.69) is 16.5 Å². The number of aromatic amines is 1. The Kier molecular flexibility index (Phi) is 5.34. The number of aryl methyl sites for hydroxylation is 2. The van der Waals surface area contributed by atoms with Gasteiger partial charge in [0.2, 0.25) is 0 Å². The molecule has 6 nitrogen and oxygen atoms in total. The number of thioether (sulfide) groups is 1. The van der Waals surface area contributed by atoms with Gasteiger partial charge < -0.3 is 4.98 Å². The highest BCUT2D eigenvalue weighted by molar-refractivity contribution is 7.98. The van der Waals surface area contributed by atoms with Crippen LogP contribution in [0.2, 0.25) is 0 Å². The van der Waals surface area contributed by atoms with Gasteiger partial charge in [0.25, 0.3) is 11.1 Å². The van der Waals surface area contributed by atoms with Crippen LogP contribution in [0.5, 0.6) is 0 Å². The molecular formula is C21H20N4O2S3. The maximum Gasteiger partial charge on any atom is 0.268 e. The molecule has 0 spiro atoms. The first kappa shape index (κ1) is 19.7. The molecule has 30 heavy (non-hydrogen) atoms. The standard InChI is InChI=1S/C21H20N4O2S3/c1-2-9-25-20(27)16-12-6-4-3-5-7-14(12)30-19(16)24-21(25)29-11-15-22-13-8-10-28-17(13)18(26)23-15/h2,8,10H,1,3-7,9,11H2,(H,22,23,26). The molecule has 4 heterocycles. The molecule has 0 fully saturated rings. The monoisotopic (exact) mass is 456 g/mol. The summed E-state index contributed by atoms with van der Waals surface area (Å²) < 4.78 is 2.33. The summed E-state index contributed by atoms with van der Waals surface area (Å²) in [7, 11) is 0. The van der Waals surface area contributed by atoms with Crippen molar-refractivity contribution < 1.29 is 0 Å². The van der Waals surface area contributed by atoms with Crippen molar-refractivity contribution in [2.45, 2.75) is 49.6 Å². The van der Waals surface area contributed by atoms with Gasteiger partial charge in [0.15, 0.2) is 5.16 Å². The molecule has 0 amide bonds. The number of fused-ring (bicyclic) bond motifs is 4. The molecule has 9 heteroatoms. The minimum absolute atomic E-state index is 0.0107. The summed E-state index contributed by atoms with van der Waals surface area (Å²) in [4.78, 5) is 40.0. The lowest BCUT2D eigenvalue weighted by molar-refractivity contribution is 0.671. The van der Waals surface area contributed by atoms with Crippen molar-refractivity contribution in [3.05, 3.63) is 61.1 Å². The fourth-order valence-electron chi connectivity index (χ4n) is 3.92. The highest BCUT2D eigenvalue weighted by Crippen LogP contribution is 2.34. The molecule has 4 aromatic heterocycles. The lowest BCUT2D eigenvalue weighted by atomic mass is 10.1. The summed E-state index contributed by atoms with van der Waals surface area (Å²) in [5, 5.41) is 3.29. The van der Waals surface area contributed by atoms with Gasteiger partial charge in [-0.05, 0) is 42.7 Å². The van der Waals surface area contributed by atoms with Crippen molar-refractivity contribution in [1.82, 2.24) is 19.5 Å². The van der Waals surface area contributed by atoms with E-state index in [4.69, 9.17) is 4.98 Å². The number of hydrogen-bond donors (Lipinski definition) is 1. The average Bonchev–Trinajstić information content (AvgIpc) is 3.27. The molecule has 4 aromatic rings. The minimum Gasteiger partial charge on any atom is -0.309 e. The summed E-state index contributed by atoms with van der Waals surface area (Å²) in [6, 6.07) is 1.85. The molecule has 154 valence electrons. The van der Waals surface area contributed by atoms with Crippen LogP contribution in [0.3, 0.4) is 0 Å². The largest absolute Gasteiger partial charge is 0.309 e. The Balaban J connectivity index is 1.55. The van der Waals surface area contributed by atoms with Gasteiger partial charge in [-0.3, -0.25) is 14.2 Å². The summed E-state index contributed by atoms with van der Waals surface area (Å²) in [5.41, 5.74) is 1.79. The number of allylic oxidation sites excluding steroid dienone is 1. The number of hydrogen-bond acceptors (Lipinski definition) is 7. The van der Waals surface area contributed by atoms with Gasteiger partial charge in [-0.25, -0.2) is 9.97 Å². The van der Waals surface area contributed by atoms with Crippen LogP contribution >= 0.6 is 34.4 Å². The van der Waals surface area contributed by atoms with Gasteiger partial charge in [0, 0.05) is 11.4 Å². The van der Waals surface area contributed by atoms with Crippen molar-refractivity contribution in [2.75, 3.05) is 0 Å². The first-order valence-electron chi connectivity index (χ1n) is 9.91. The maximum absolute atomic E-state index is 13.4. The molecule has 1 aliphatic carbocycles. The minimum atomic E-state index is -0.125. The van der Waals surface area contributed by atoms with Crippen LogP contribution in [0.1, 0.15) is 35.5 Å². The lowest BCUT2D eigenvalue weighted by Crippen LogP contribution is -2.23. The number of H-pyrrole nitrogens is 1. The van der Waals surface area contributed by atoms with Gasteiger partial charge in [0.1, 0.15) is 15.4 Å². The Hall–Kier alpha value is -2.23. The quantitative estimate of drug-likeness (QED) is 0.207. The number of rotatable bonds is 5. The molecule has 0 saturated carbocycles. The van der Waals surface area contributed by atoms with Crippen molar-refractivity contribution in [1.29, 1.82) is 0 Å². The fraction of sp³-hybridized carbons (Fsp3) is 0.333. The van der Waals surface area contributed by atoms with E-state index in [1.54, 1.807) is 22.0 Å². The van der Waals surface area contributed by atoms with Crippen LogP contribution in [0.4, 0.5) is 0 Å². The molecule has 1 aliphatic rings. The zero-order chi connectivity index (χ0) is 20.7. The van der Waals surface area contributed by atoms with E-state index in [9.17, 15) is 9.59 Å². The average molecular weight is 457 g/mol. The number of aromatic nitrogens is 4. The van der Waals surface area contributed by atoms with E-state index in [-0.39, 0.29) is 11.1 Å². The Morgan fingerprint density at radius 3 is 2.97 bits per heavy atom. The smallest absolute Gasteiger partial charge is 0.268 e. The molecular weight excluding hydrogens is 436 g/mol. The van der Waals surface area contributed by atoms with E-state index in [1.165, 1.54) is 46.4 Å². The van der Waals surface area contributed by atoms with Crippen molar-refractivity contribution in [3.63, 3.8) is 0 Å². The number of thiophene rings is 2. The second-order valence-corrected chi connectivity index (χ2v) is 10.2. The molecule has 5 rings (SSSR count). The summed E-state index contributed by atoms with van der Waals surface area (Å²) in [5.74, 6) is 1.01. The second kappa shape index (κ2) is 8.13. The van der Waals surface area contributed by atoms with Crippen molar-refractivity contribution in [3.8, 4) is 0 Å². The predicted octanol–water partition coefficient (Wildman–Crippen LogP) is 4.50. The molecule has 0 aromatic carbocycles. The highest BCUT2D eigenvalue weighted by Gasteiger charge is 2.21. The Labute approximate surface area is 184 Å². The highest BCUT2D eigenvalue weighted by atomic mass is 32.2. The maximum atomic E-state index is 13.4. The third kappa shape index (κ3) is 3.44. The number of nitrogens with one attached hydrogen (secondary N) is 1. The van der Waals surface area contributed by atoms with Gasteiger partial charge in [0.05, 0.1) is 16.7 Å². The normalized spacial score (nSPS) is 14.1. The predicted molar refractivity (Wildman–Crippen MR) is 125 cm³/mol. The Morgan fingerprint density at radius 2 is 2.10 bits per heavy atom. The third-order valence-electron chi connectivity index (χ3n) is 5.30. The molecule has 0 radical (unpaired) electrons. The lowest BCUT2D eigenvalue weighted by Gasteiger charge is -2.10. The topological polar surface area (TPSA) is 80.6 Å². The summed E-state index contributed by atoms with van der Waals surface area (Å²) in [6.45, 7) is 4.22. The van der Waals surface area contributed by atoms with Crippen molar-refractivity contribution in [2.24, 2.45) is 0 Å². The van der Waals surface area contributed by atoms with Crippen LogP contribution in [-0.2, 0) is 25.1 Å². The van der Waals surface area contributed by atoms with E-state index < -0.39 is 0 Å². The first-order valence-corrected chi connectivity index (χ1v) is 12.6. The van der Waals surface area contributed by atoms with E-state index in [0.717, 1.165) is 29.5 Å². The fourth-order valence-corrected chi connectivity index (χ4v) is 6.83. The van der Waals surface area contributed by atoms with Crippen LogP contribution < -0.4 is 11.1 Å². The molecule has 0 bridgehead atoms. The Morgan fingerprint density at radius 1 is 1.23 bits per heavy atom. The summed E-state index contributed by atoms with van der Waals surface area (Å²) in [6.07, 6.45) is 7.23. The molecule has 0 unspecified atom stereocenters. The SMILES string of the molecule is C=CCn1c(SCc2nc3ccsc3c(=O)[nH]2)nc2sc3c(c2c1=O)CCCCC3.